The summed E-state index contributed by atoms with van der Waals surface area (Å²) in [6.07, 6.45) is 54.1. The largest absolute Gasteiger partial charge is 0.465 e. The Labute approximate surface area is 493 Å². The minimum atomic E-state index is -1.17. The molecule has 15 heteroatoms. The average Bonchev–Trinajstić information content (AvgIpc) is 3.55. The predicted octanol–water partition coefficient (Wildman–Crippen LogP) is 17.9. The van der Waals surface area contributed by atoms with Crippen LogP contribution in [0.2, 0.25) is 0 Å². The van der Waals surface area contributed by atoms with Crippen LogP contribution in [0.5, 0.6) is 0 Å². The molecule has 0 aromatic carbocycles. The number of hydrogen-bond acceptors (Lipinski definition) is 6. The lowest BCUT2D eigenvalue weighted by atomic mass is 10.0. The summed E-state index contributed by atoms with van der Waals surface area (Å²) in [5, 5.41) is 30.5. The van der Waals surface area contributed by atoms with Gasteiger partial charge in [0.15, 0.2) is 0 Å². The number of amides is 3. The third-order valence-electron chi connectivity index (χ3n) is 16.8. The molecule has 15 nitrogen and oxygen atoms in total. The number of nitrogens with zero attached hydrogens (tertiary/aromatic N) is 6. The van der Waals surface area contributed by atoms with E-state index in [0.717, 1.165) is 90.8 Å². The Morgan fingerprint density at radius 1 is 0.247 bits per heavy atom. The van der Waals surface area contributed by atoms with Crippen LogP contribution in [0.3, 0.4) is 0 Å². The van der Waals surface area contributed by atoms with Crippen LogP contribution in [0.25, 0.3) is 0 Å². The highest BCUT2D eigenvalue weighted by Gasteiger charge is 2.21. The van der Waals surface area contributed by atoms with E-state index in [4.69, 9.17) is 0 Å². The van der Waals surface area contributed by atoms with Gasteiger partial charge in [-0.3, -0.25) is 0 Å². The summed E-state index contributed by atoms with van der Waals surface area (Å²) in [6, 6.07) is 0. The Hall–Kier alpha value is -3.78. The first-order chi connectivity index (χ1) is 39.5. The Bertz CT molecular complexity index is 1600. The quantitative estimate of drug-likeness (QED) is 0.0533. The molecule has 3 amide bonds. The van der Waals surface area contributed by atoms with Crippen molar-refractivity contribution < 1.29 is 29.7 Å². The highest BCUT2D eigenvalue weighted by Crippen LogP contribution is 2.17. The van der Waals surface area contributed by atoms with E-state index in [9.17, 15) is 44.1 Å². The first-order valence-electron chi connectivity index (χ1n) is 34.4. The van der Waals surface area contributed by atoms with Crippen LogP contribution in [0.1, 0.15) is 329 Å². The second kappa shape index (κ2) is 54.2. The molecule has 0 fully saturated rings. The first kappa shape index (κ1) is 75.2. The van der Waals surface area contributed by atoms with Crippen LogP contribution in [0, 0.1) is 0 Å². The van der Waals surface area contributed by atoms with E-state index < -0.39 is 35.3 Å². The van der Waals surface area contributed by atoms with Gasteiger partial charge in [0.05, 0.1) is 19.6 Å². The molecule has 0 unspecified atom stereocenters. The smallest absolute Gasteiger partial charge is 0.407 e. The molecule has 1 rings (SSSR count). The molecule has 0 radical (unpaired) electrons. The minimum Gasteiger partial charge on any atom is -0.465 e. The van der Waals surface area contributed by atoms with Gasteiger partial charge in [0.25, 0.3) is 0 Å². The van der Waals surface area contributed by atoms with E-state index >= 15 is 0 Å². The number of carbonyl (C=O) groups is 3. The molecule has 0 saturated carbocycles. The van der Waals surface area contributed by atoms with Crippen molar-refractivity contribution in [3.8, 4) is 0 Å². The molecule has 0 saturated heterocycles. The summed E-state index contributed by atoms with van der Waals surface area (Å²) >= 11 is 0. The van der Waals surface area contributed by atoms with Crippen molar-refractivity contribution in [3.05, 3.63) is 31.5 Å². The number of unbranched alkanes of at least 4 members (excludes halogenated alkanes) is 45. The van der Waals surface area contributed by atoms with Crippen molar-refractivity contribution in [2.24, 2.45) is 0 Å². The number of aromatic nitrogens is 3. The maximum Gasteiger partial charge on any atom is 0.407 e. The molecule has 81 heavy (non-hydrogen) atoms. The molecule has 3 N–H and O–H groups in total. The fraction of sp³-hybridized carbons (Fsp3) is 0.909. The summed E-state index contributed by atoms with van der Waals surface area (Å²) < 4.78 is 2.56. The second-order valence-electron chi connectivity index (χ2n) is 24.0. The van der Waals surface area contributed by atoms with Crippen LogP contribution in [0.15, 0.2) is 14.4 Å². The van der Waals surface area contributed by atoms with Crippen molar-refractivity contribution in [1.82, 2.24) is 28.4 Å². The minimum absolute atomic E-state index is 0.164. The van der Waals surface area contributed by atoms with E-state index in [0.29, 0.717) is 19.3 Å². The molecule has 1 aromatic rings. The molecule has 0 aliphatic carbocycles. The lowest BCUT2D eigenvalue weighted by Gasteiger charge is -2.23. The zero-order valence-corrected chi connectivity index (χ0v) is 52.8. The third-order valence-corrected chi connectivity index (χ3v) is 16.8. The lowest BCUT2D eigenvalue weighted by molar-refractivity contribution is 0.140. The number of rotatable bonds is 60. The SMILES string of the molecule is CCCCCCCCCCCCCCCCCCN(CCn1c(=O)n(CCN(CCCCCCCCCCCCCCCCCC)C(=O)O)c(=O)n(CCN(CCCCCCCCCCCCCCCCCC)C(=O)O)c1=O)C(=O)O. The lowest BCUT2D eigenvalue weighted by Crippen LogP contribution is -2.57. The Morgan fingerprint density at radius 2 is 0.383 bits per heavy atom. The van der Waals surface area contributed by atoms with Gasteiger partial charge < -0.3 is 30.0 Å². The van der Waals surface area contributed by atoms with Crippen LogP contribution in [-0.2, 0) is 19.6 Å². The summed E-state index contributed by atoms with van der Waals surface area (Å²) in [6.45, 7) is 6.02. The zero-order chi connectivity index (χ0) is 59.2. The summed E-state index contributed by atoms with van der Waals surface area (Å²) in [7, 11) is 0. The van der Waals surface area contributed by atoms with Crippen molar-refractivity contribution >= 4 is 18.3 Å². The van der Waals surface area contributed by atoms with Crippen molar-refractivity contribution in [2.75, 3.05) is 39.3 Å². The van der Waals surface area contributed by atoms with Crippen molar-refractivity contribution in [1.29, 1.82) is 0 Å². The molecule has 0 atom stereocenters. The predicted molar refractivity (Wildman–Crippen MR) is 337 cm³/mol. The van der Waals surface area contributed by atoms with E-state index in [1.807, 2.05) is 0 Å². The maximum absolute atomic E-state index is 14.1. The molecule has 0 bridgehead atoms. The van der Waals surface area contributed by atoms with Gasteiger partial charge in [-0.05, 0) is 19.3 Å². The molecular weight excluding hydrogens is 1020 g/mol. The number of carboxylic acid groups (broad SMARTS) is 3. The fourth-order valence-electron chi connectivity index (χ4n) is 11.4. The van der Waals surface area contributed by atoms with Crippen LogP contribution >= 0.6 is 0 Å². The molecule has 0 aliphatic heterocycles. The molecule has 1 aromatic heterocycles. The Kier molecular flexibility index (Phi) is 50.3. The maximum atomic E-state index is 14.1. The highest BCUT2D eigenvalue weighted by atomic mass is 16.4. The van der Waals surface area contributed by atoms with Gasteiger partial charge in [-0.2, -0.15) is 0 Å². The third kappa shape index (κ3) is 41.0. The first-order valence-corrected chi connectivity index (χ1v) is 34.4. The van der Waals surface area contributed by atoms with E-state index in [2.05, 4.69) is 20.8 Å². The van der Waals surface area contributed by atoms with Gasteiger partial charge in [-0.25, -0.2) is 42.5 Å². The monoisotopic (exact) mass is 1150 g/mol. The molecule has 474 valence electrons. The average molecular weight is 1150 g/mol. The van der Waals surface area contributed by atoms with Gasteiger partial charge in [0.1, 0.15) is 0 Å². The number of hydrogen-bond donors (Lipinski definition) is 3. The van der Waals surface area contributed by atoms with E-state index in [1.54, 1.807) is 0 Å². The van der Waals surface area contributed by atoms with Gasteiger partial charge in [0, 0.05) is 39.3 Å². The molecular formula is C66H126N6O9. The molecule has 0 aliphatic rings. The molecule has 1 heterocycles. The van der Waals surface area contributed by atoms with Gasteiger partial charge in [-0.15, -0.1) is 0 Å². The van der Waals surface area contributed by atoms with Gasteiger partial charge >= 0.3 is 35.3 Å². The Morgan fingerprint density at radius 3 is 0.519 bits per heavy atom. The fourth-order valence-corrected chi connectivity index (χ4v) is 11.4. The van der Waals surface area contributed by atoms with Gasteiger partial charge in [0.2, 0.25) is 0 Å². The van der Waals surface area contributed by atoms with Crippen molar-refractivity contribution in [2.45, 2.75) is 349 Å². The van der Waals surface area contributed by atoms with E-state index in [1.165, 1.54) is 227 Å². The summed E-state index contributed by atoms with van der Waals surface area (Å²) in [5.41, 5.74) is -2.82. The second-order valence-corrected chi connectivity index (χ2v) is 24.0. The van der Waals surface area contributed by atoms with Crippen LogP contribution in [0.4, 0.5) is 14.4 Å². The Balaban J connectivity index is 2.86. The normalized spacial score (nSPS) is 11.4. The zero-order valence-electron chi connectivity index (χ0n) is 52.8. The summed E-state index contributed by atoms with van der Waals surface area (Å²) in [4.78, 5) is 83.1. The molecule has 0 spiro atoms. The van der Waals surface area contributed by atoms with E-state index in [-0.39, 0.29) is 58.9 Å². The highest BCUT2D eigenvalue weighted by molar-refractivity contribution is 5.65. The van der Waals surface area contributed by atoms with Gasteiger partial charge in [-0.1, -0.05) is 310 Å². The van der Waals surface area contributed by atoms with Crippen LogP contribution < -0.4 is 17.1 Å². The van der Waals surface area contributed by atoms with Crippen molar-refractivity contribution in [3.63, 3.8) is 0 Å². The van der Waals surface area contributed by atoms with Crippen LogP contribution in [-0.4, -0.2) is 101 Å². The standard InChI is InChI=1S/C66H126N6O9/c1-4-7-10-13-16-19-22-25-28-31-34-37-40-43-46-49-52-67(64(76)77)55-58-70-61(73)71(59-56-68(65(78)79)53-50-47-44-41-38-35-32-29-26-23-20-17-14-11-8-5-2)63(75)72(62(70)74)60-57-69(66(80)81)54-51-48-45-42-39-36-33-30-27-24-21-18-15-12-9-6-3/h4-60H2,1-3H3,(H,76,77)(H,78,79)(H,80,81). The summed E-state index contributed by atoms with van der Waals surface area (Å²) in [5.74, 6) is 0. The topological polar surface area (TPSA) is 188 Å².